The van der Waals surface area contributed by atoms with Crippen LogP contribution < -0.4 is 0 Å². The fourth-order valence-corrected chi connectivity index (χ4v) is 1.46. The zero-order valence-corrected chi connectivity index (χ0v) is 9.33. The van der Waals surface area contributed by atoms with Crippen molar-refractivity contribution in [1.29, 1.82) is 5.26 Å². The summed E-state index contributed by atoms with van der Waals surface area (Å²) < 4.78 is 0.612. The third-order valence-electron chi connectivity index (χ3n) is 1.72. The monoisotopic (exact) mass is 275 g/mol. The topological polar surface area (TPSA) is 64.2 Å². The molecule has 0 amide bonds. The summed E-state index contributed by atoms with van der Waals surface area (Å²) in [6.45, 7) is 0. The number of rotatable bonds is 2. The molecule has 1 aromatic rings. The molecule has 2 N–H and O–H groups in total. The summed E-state index contributed by atoms with van der Waals surface area (Å²) >= 11 is 8.92. The molecule has 0 saturated carbocycles. The Bertz CT molecular complexity index is 378. The first-order chi connectivity index (χ1) is 6.56. The van der Waals surface area contributed by atoms with E-state index in [-0.39, 0.29) is 0 Å². The Balaban J connectivity index is 2.98. The molecule has 0 spiro atoms. The van der Waals surface area contributed by atoms with Gasteiger partial charge in [-0.05, 0) is 33.6 Å². The van der Waals surface area contributed by atoms with E-state index in [1.165, 1.54) is 0 Å². The predicted molar refractivity (Wildman–Crippen MR) is 55.7 cm³/mol. The number of hydrogen-bond acceptors (Lipinski definition) is 3. The molecule has 2 atom stereocenters. The van der Waals surface area contributed by atoms with E-state index in [9.17, 15) is 5.11 Å². The van der Waals surface area contributed by atoms with Gasteiger partial charge < -0.3 is 10.2 Å². The summed E-state index contributed by atoms with van der Waals surface area (Å²) in [5.41, 5.74) is 0.440. The van der Waals surface area contributed by atoms with Crippen LogP contribution in [0.2, 0.25) is 5.02 Å². The molecule has 5 heteroatoms. The smallest absolute Gasteiger partial charge is 0.170 e. The van der Waals surface area contributed by atoms with Crippen molar-refractivity contribution >= 4 is 27.5 Å². The van der Waals surface area contributed by atoms with Crippen LogP contribution in [0.3, 0.4) is 0 Å². The SMILES string of the molecule is N#CC(O)C(O)c1ccc(Cl)c(Br)c1. The molecule has 1 aromatic carbocycles. The van der Waals surface area contributed by atoms with Gasteiger partial charge in [0.25, 0.3) is 0 Å². The van der Waals surface area contributed by atoms with Crippen LogP contribution in [0, 0.1) is 11.3 Å². The third-order valence-corrected chi connectivity index (χ3v) is 2.93. The fraction of sp³-hybridized carbons (Fsp3) is 0.222. The normalized spacial score (nSPS) is 14.5. The molecule has 0 aliphatic rings. The predicted octanol–water partition coefficient (Wildman–Crippen LogP) is 2.02. The van der Waals surface area contributed by atoms with Gasteiger partial charge in [-0.25, -0.2) is 0 Å². The summed E-state index contributed by atoms with van der Waals surface area (Å²) in [5, 5.41) is 27.4. The van der Waals surface area contributed by atoms with Crippen molar-refractivity contribution in [2.24, 2.45) is 0 Å². The highest BCUT2D eigenvalue weighted by atomic mass is 79.9. The van der Waals surface area contributed by atoms with Crippen LogP contribution in [0.25, 0.3) is 0 Å². The van der Waals surface area contributed by atoms with E-state index in [2.05, 4.69) is 15.9 Å². The summed E-state index contributed by atoms with van der Waals surface area (Å²) in [6.07, 6.45) is -2.64. The molecule has 74 valence electrons. The van der Waals surface area contributed by atoms with Gasteiger partial charge >= 0.3 is 0 Å². The van der Waals surface area contributed by atoms with Gasteiger partial charge in [0.15, 0.2) is 6.10 Å². The highest BCUT2D eigenvalue weighted by molar-refractivity contribution is 9.10. The van der Waals surface area contributed by atoms with Crippen LogP contribution in [-0.2, 0) is 0 Å². The van der Waals surface area contributed by atoms with Crippen LogP contribution >= 0.6 is 27.5 Å². The highest BCUT2D eigenvalue weighted by Crippen LogP contribution is 2.27. The Hall–Kier alpha value is -0.600. The van der Waals surface area contributed by atoms with Crippen LogP contribution in [0.1, 0.15) is 11.7 Å². The maximum Gasteiger partial charge on any atom is 0.170 e. The first-order valence-corrected chi connectivity index (χ1v) is 4.94. The standard InChI is InChI=1S/C9H7BrClNO2/c10-6-3-5(1-2-7(6)11)9(14)8(13)4-12/h1-3,8-9,13-14H. The van der Waals surface area contributed by atoms with Crippen molar-refractivity contribution in [2.75, 3.05) is 0 Å². The van der Waals surface area contributed by atoms with Gasteiger partial charge in [0.1, 0.15) is 6.10 Å². The quantitative estimate of drug-likeness (QED) is 0.812. The summed E-state index contributed by atoms with van der Waals surface area (Å²) in [7, 11) is 0. The Morgan fingerprint density at radius 3 is 2.57 bits per heavy atom. The first-order valence-electron chi connectivity index (χ1n) is 3.77. The third kappa shape index (κ3) is 2.46. The summed E-state index contributed by atoms with van der Waals surface area (Å²) in [6, 6.07) is 6.25. The Morgan fingerprint density at radius 2 is 2.07 bits per heavy atom. The Labute approximate surface area is 94.7 Å². The van der Waals surface area contributed by atoms with Gasteiger partial charge in [0.05, 0.1) is 11.1 Å². The molecule has 0 radical (unpaired) electrons. The molecule has 0 aliphatic carbocycles. The lowest BCUT2D eigenvalue weighted by Gasteiger charge is -2.12. The molecule has 3 nitrogen and oxygen atoms in total. The molecule has 0 fully saturated rings. The summed E-state index contributed by atoms with van der Waals surface area (Å²) in [5.74, 6) is 0. The number of nitriles is 1. The van der Waals surface area contributed by atoms with Gasteiger partial charge in [0, 0.05) is 4.47 Å². The molecule has 14 heavy (non-hydrogen) atoms. The summed E-state index contributed by atoms with van der Waals surface area (Å²) in [4.78, 5) is 0. The molecule has 1 rings (SSSR count). The molecule has 2 unspecified atom stereocenters. The van der Waals surface area contributed by atoms with Crippen molar-refractivity contribution < 1.29 is 10.2 Å². The number of hydrogen-bond donors (Lipinski definition) is 2. The molecule has 0 heterocycles. The number of benzene rings is 1. The van der Waals surface area contributed by atoms with Crippen molar-refractivity contribution in [3.05, 3.63) is 33.3 Å². The largest absolute Gasteiger partial charge is 0.385 e. The molecule has 0 saturated heterocycles. The maximum atomic E-state index is 9.47. The lowest BCUT2D eigenvalue weighted by molar-refractivity contribution is 0.0527. The van der Waals surface area contributed by atoms with E-state index >= 15 is 0 Å². The van der Waals surface area contributed by atoms with E-state index in [4.69, 9.17) is 22.0 Å². The second kappa shape index (κ2) is 4.76. The van der Waals surface area contributed by atoms with Gasteiger partial charge in [0.2, 0.25) is 0 Å². The zero-order valence-electron chi connectivity index (χ0n) is 6.98. The second-order valence-electron chi connectivity index (χ2n) is 2.69. The molecule has 0 aliphatic heterocycles. The van der Waals surface area contributed by atoms with Crippen molar-refractivity contribution in [3.8, 4) is 6.07 Å². The highest BCUT2D eigenvalue weighted by Gasteiger charge is 2.17. The fourth-order valence-electron chi connectivity index (χ4n) is 0.949. The van der Waals surface area contributed by atoms with Gasteiger partial charge in [-0.2, -0.15) is 5.26 Å². The van der Waals surface area contributed by atoms with E-state index in [0.717, 1.165) is 0 Å². The number of nitrogens with zero attached hydrogens (tertiary/aromatic N) is 1. The average Bonchev–Trinajstić information content (AvgIpc) is 2.20. The molecule has 0 aromatic heterocycles. The maximum absolute atomic E-state index is 9.47. The van der Waals surface area contributed by atoms with Gasteiger partial charge in [-0.15, -0.1) is 0 Å². The number of aliphatic hydroxyl groups excluding tert-OH is 2. The minimum Gasteiger partial charge on any atom is -0.385 e. The lowest BCUT2D eigenvalue weighted by atomic mass is 10.1. The molecular weight excluding hydrogens is 269 g/mol. The van der Waals surface area contributed by atoms with E-state index < -0.39 is 12.2 Å². The average molecular weight is 277 g/mol. The number of halogens is 2. The molecule has 0 bridgehead atoms. The Morgan fingerprint density at radius 1 is 1.43 bits per heavy atom. The first kappa shape index (κ1) is 11.5. The lowest BCUT2D eigenvalue weighted by Crippen LogP contribution is -2.15. The van der Waals surface area contributed by atoms with E-state index in [0.29, 0.717) is 15.1 Å². The van der Waals surface area contributed by atoms with Crippen molar-refractivity contribution in [2.45, 2.75) is 12.2 Å². The minimum atomic E-state index is -1.43. The molecular formula is C9H7BrClNO2. The van der Waals surface area contributed by atoms with Crippen LogP contribution in [-0.4, -0.2) is 16.3 Å². The van der Waals surface area contributed by atoms with Crippen LogP contribution in [0.4, 0.5) is 0 Å². The van der Waals surface area contributed by atoms with E-state index in [1.807, 2.05) is 0 Å². The zero-order chi connectivity index (χ0) is 10.7. The van der Waals surface area contributed by atoms with Gasteiger partial charge in [-0.1, -0.05) is 17.7 Å². The van der Waals surface area contributed by atoms with Crippen molar-refractivity contribution in [3.63, 3.8) is 0 Å². The van der Waals surface area contributed by atoms with E-state index in [1.54, 1.807) is 24.3 Å². The van der Waals surface area contributed by atoms with Crippen LogP contribution in [0.15, 0.2) is 22.7 Å². The second-order valence-corrected chi connectivity index (χ2v) is 3.95. The minimum absolute atomic E-state index is 0.440. The van der Waals surface area contributed by atoms with Crippen LogP contribution in [0.5, 0.6) is 0 Å². The number of aliphatic hydroxyl groups is 2. The van der Waals surface area contributed by atoms with Gasteiger partial charge in [-0.3, -0.25) is 0 Å². The van der Waals surface area contributed by atoms with Crippen molar-refractivity contribution in [1.82, 2.24) is 0 Å². The Kier molecular flexibility index (Phi) is 3.90.